The molecule has 0 aliphatic carbocycles. The molecule has 0 aromatic carbocycles. The molecular formula is C13H16N2O2S. The number of hydrogen-bond donors (Lipinski definition) is 1. The number of likely N-dealkylation sites (tertiary alicyclic amines) is 1. The molecule has 0 radical (unpaired) electrons. The van der Waals surface area contributed by atoms with Gasteiger partial charge in [-0.05, 0) is 17.9 Å². The minimum absolute atomic E-state index is 0.0575. The Bertz CT molecular complexity index is 442. The summed E-state index contributed by atoms with van der Waals surface area (Å²) in [5.41, 5.74) is 0. The van der Waals surface area contributed by atoms with E-state index < -0.39 is 0 Å². The van der Waals surface area contributed by atoms with Gasteiger partial charge in [-0.15, -0.1) is 17.9 Å². The average Bonchev–Trinajstić information content (AvgIpc) is 2.98. The van der Waals surface area contributed by atoms with Crippen LogP contribution in [0.4, 0.5) is 0 Å². The van der Waals surface area contributed by atoms with Gasteiger partial charge in [0.1, 0.15) is 6.04 Å². The highest BCUT2D eigenvalue weighted by Crippen LogP contribution is 2.23. The molecule has 0 spiro atoms. The Labute approximate surface area is 110 Å². The summed E-state index contributed by atoms with van der Waals surface area (Å²) in [7, 11) is 0. The number of thiophene rings is 1. The summed E-state index contributed by atoms with van der Waals surface area (Å²) in [6.45, 7) is 4.53. The van der Waals surface area contributed by atoms with Crippen molar-refractivity contribution in [3.63, 3.8) is 0 Å². The zero-order chi connectivity index (χ0) is 13.0. The molecule has 96 valence electrons. The Balaban J connectivity index is 2.03. The molecule has 2 heterocycles. The number of rotatable bonds is 5. The Hall–Kier alpha value is -1.62. The maximum atomic E-state index is 11.9. The van der Waals surface area contributed by atoms with Crippen molar-refractivity contribution in [2.45, 2.75) is 25.4 Å². The average molecular weight is 264 g/mol. The standard InChI is InChI=1S/C13H16N2O2S/c1-2-7-14-13(17)11-5-6-12(16)15(11)9-10-4-3-8-18-10/h2-4,8,11H,1,5-7,9H2,(H,14,17)/t11-/m0/s1. The Kier molecular flexibility index (Phi) is 4.15. The van der Waals surface area contributed by atoms with Crippen LogP contribution in [-0.2, 0) is 16.1 Å². The first-order valence-corrected chi connectivity index (χ1v) is 6.81. The van der Waals surface area contributed by atoms with Gasteiger partial charge < -0.3 is 10.2 Å². The molecule has 4 nitrogen and oxygen atoms in total. The lowest BCUT2D eigenvalue weighted by Gasteiger charge is -2.23. The third kappa shape index (κ3) is 2.79. The Morgan fingerprint density at radius 1 is 1.67 bits per heavy atom. The van der Waals surface area contributed by atoms with E-state index in [1.54, 1.807) is 22.3 Å². The largest absolute Gasteiger partial charge is 0.351 e. The van der Waals surface area contributed by atoms with Crippen molar-refractivity contribution >= 4 is 23.2 Å². The first-order chi connectivity index (χ1) is 8.72. The van der Waals surface area contributed by atoms with Crippen LogP contribution in [0.5, 0.6) is 0 Å². The first kappa shape index (κ1) is 12.8. The van der Waals surface area contributed by atoms with Gasteiger partial charge in [0.25, 0.3) is 0 Å². The van der Waals surface area contributed by atoms with E-state index in [0.717, 1.165) is 4.88 Å². The Morgan fingerprint density at radius 3 is 3.17 bits per heavy atom. The third-order valence-electron chi connectivity index (χ3n) is 2.96. The fourth-order valence-electron chi connectivity index (χ4n) is 2.07. The molecule has 1 N–H and O–H groups in total. The second kappa shape index (κ2) is 5.82. The maximum absolute atomic E-state index is 11.9. The molecule has 1 atom stereocenters. The minimum Gasteiger partial charge on any atom is -0.351 e. The van der Waals surface area contributed by atoms with Crippen LogP contribution in [0.25, 0.3) is 0 Å². The molecular weight excluding hydrogens is 248 g/mol. The maximum Gasteiger partial charge on any atom is 0.243 e. The number of nitrogens with zero attached hydrogens (tertiary/aromatic N) is 1. The van der Waals surface area contributed by atoms with Gasteiger partial charge in [0, 0.05) is 17.8 Å². The van der Waals surface area contributed by atoms with E-state index in [9.17, 15) is 9.59 Å². The number of amides is 2. The first-order valence-electron chi connectivity index (χ1n) is 5.93. The summed E-state index contributed by atoms with van der Waals surface area (Å²) in [5, 5.41) is 4.73. The van der Waals surface area contributed by atoms with E-state index in [2.05, 4.69) is 11.9 Å². The highest BCUT2D eigenvalue weighted by molar-refractivity contribution is 7.09. The van der Waals surface area contributed by atoms with Crippen LogP contribution in [0.3, 0.4) is 0 Å². The van der Waals surface area contributed by atoms with E-state index in [1.807, 2.05) is 17.5 Å². The van der Waals surface area contributed by atoms with Gasteiger partial charge in [-0.1, -0.05) is 12.1 Å². The summed E-state index contributed by atoms with van der Waals surface area (Å²) >= 11 is 1.60. The molecule has 2 rings (SSSR count). The molecule has 1 aromatic rings. The van der Waals surface area contributed by atoms with E-state index in [4.69, 9.17) is 0 Å². The quantitative estimate of drug-likeness (QED) is 0.820. The van der Waals surface area contributed by atoms with Crippen LogP contribution >= 0.6 is 11.3 Å². The zero-order valence-corrected chi connectivity index (χ0v) is 10.9. The van der Waals surface area contributed by atoms with Gasteiger partial charge in [0.15, 0.2) is 0 Å². The summed E-state index contributed by atoms with van der Waals surface area (Å²) in [5.74, 6) is -0.0283. The molecule has 2 amide bonds. The van der Waals surface area contributed by atoms with Gasteiger partial charge >= 0.3 is 0 Å². The van der Waals surface area contributed by atoms with Crippen molar-refractivity contribution < 1.29 is 9.59 Å². The van der Waals surface area contributed by atoms with Crippen LogP contribution < -0.4 is 5.32 Å². The van der Waals surface area contributed by atoms with Gasteiger partial charge in [-0.25, -0.2) is 0 Å². The molecule has 1 aromatic heterocycles. The predicted molar refractivity (Wildman–Crippen MR) is 71.1 cm³/mol. The highest BCUT2D eigenvalue weighted by Gasteiger charge is 2.35. The number of hydrogen-bond acceptors (Lipinski definition) is 3. The molecule has 0 unspecified atom stereocenters. The van der Waals surface area contributed by atoms with Crippen LogP contribution in [-0.4, -0.2) is 29.3 Å². The monoisotopic (exact) mass is 264 g/mol. The fourth-order valence-corrected chi connectivity index (χ4v) is 2.77. The van der Waals surface area contributed by atoms with Gasteiger partial charge in [-0.3, -0.25) is 9.59 Å². The van der Waals surface area contributed by atoms with Crippen LogP contribution in [0.15, 0.2) is 30.2 Å². The van der Waals surface area contributed by atoms with Crippen LogP contribution in [0, 0.1) is 0 Å². The van der Waals surface area contributed by atoms with E-state index in [1.165, 1.54) is 0 Å². The number of carbonyl (C=O) groups excluding carboxylic acids is 2. The van der Waals surface area contributed by atoms with Crippen molar-refractivity contribution in [2.24, 2.45) is 0 Å². The summed E-state index contributed by atoms with van der Waals surface area (Å²) in [6, 6.07) is 3.60. The predicted octanol–water partition coefficient (Wildman–Crippen LogP) is 1.54. The summed E-state index contributed by atoms with van der Waals surface area (Å²) in [4.78, 5) is 26.5. The molecule has 0 bridgehead atoms. The molecule has 18 heavy (non-hydrogen) atoms. The molecule has 1 fully saturated rings. The highest BCUT2D eigenvalue weighted by atomic mass is 32.1. The smallest absolute Gasteiger partial charge is 0.243 e. The summed E-state index contributed by atoms with van der Waals surface area (Å²) in [6.07, 6.45) is 2.70. The van der Waals surface area contributed by atoms with Gasteiger partial charge in [0.05, 0.1) is 6.54 Å². The lowest BCUT2D eigenvalue weighted by molar-refractivity contribution is -0.135. The van der Waals surface area contributed by atoms with Crippen LogP contribution in [0.2, 0.25) is 0 Å². The topological polar surface area (TPSA) is 49.4 Å². The molecule has 0 saturated carbocycles. The van der Waals surface area contributed by atoms with Gasteiger partial charge in [0.2, 0.25) is 11.8 Å². The lowest BCUT2D eigenvalue weighted by atomic mass is 10.2. The Morgan fingerprint density at radius 2 is 2.50 bits per heavy atom. The van der Waals surface area contributed by atoms with Crippen LogP contribution in [0.1, 0.15) is 17.7 Å². The van der Waals surface area contributed by atoms with Gasteiger partial charge in [-0.2, -0.15) is 0 Å². The minimum atomic E-state index is -0.334. The zero-order valence-electron chi connectivity index (χ0n) is 10.1. The molecule has 1 saturated heterocycles. The van der Waals surface area contributed by atoms with E-state index >= 15 is 0 Å². The summed E-state index contributed by atoms with van der Waals surface area (Å²) < 4.78 is 0. The molecule has 1 aliphatic heterocycles. The number of nitrogens with one attached hydrogen (secondary N) is 1. The van der Waals surface area contributed by atoms with Crippen molar-refractivity contribution in [3.8, 4) is 0 Å². The second-order valence-corrected chi connectivity index (χ2v) is 5.22. The van der Waals surface area contributed by atoms with E-state index in [-0.39, 0.29) is 17.9 Å². The normalized spacial score (nSPS) is 19.0. The van der Waals surface area contributed by atoms with Crippen molar-refractivity contribution in [2.75, 3.05) is 6.54 Å². The van der Waals surface area contributed by atoms with E-state index in [0.29, 0.717) is 25.9 Å². The second-order valence-electron chi connectivity index (χ2n) is 4.19. The van der Waals surface area contributed by atoms with Crippen molar-refractivity contribution in [3.05, 3.63) is 35.0 Å². The molecule has 1 aliphatic rings. The molecule has 5 heteroatoms. The fraction of sp³-hybridized carbons (Fsp3) is 0.385. The number of carbonyl (C=O) groups is 2. The third-order valence-corrected chi connectivity index (χ3v) is 3.82. The lowest BCUT2D eigenvalue weighted by Crippen LogP contribution is -2.44. The van der Waals surface area contributed by atoms with Crippen molar-refractivity contribution in [1.82, 2.24) is 10.2 Å². The SMILES string of the molecule is C=CCNC(=O)[C@@H]1CCC(=O)N1Cc1cccs1. The van der Waals surface area contributed by atoms with Crippen molar-refractivity contribution in [1.29, 1.82) is 0 Å².